The summed E-state index contributed by atoms with van der Waals surface area (Å²) in [6.45, 7) is 3.49. The lowest BCUT2D eigenvalue weighted by molar-refractivity contribution is -0.125. The molecule has 0 spiro atoms. The van der Waals surface area contributed by atoms with E-state index in [0.29, 0.717) is 48.2 Å². The molecular weight excluding hydrogens is 415 g/mol. The van der Waals surface area contributed by atoms with Gasteiger partial charge in [-0.1, -0.05) is 11.2 Å². The fourth-order valence-electron chi connectivity index (χ4n) is 4.11. The van der Waals surface area contributed by atoms with Gasteiger partial charge in [0.25, 0.3) is 5.89 Å². The van der Waals surface area contributed by atoms with E-state index in [4.69, 9.17) is 14.0 Å². The number of nitrogens with one attached hydrogen (secondary N) is 1. The first-order valence-corrected chi connectivity index (χ1v) is 10.6. The lowest BCUT2D eigenvalue weighted by Crippen LogP contribution is -2.43. The molecule has 1 saturated heterocycles. The quantitative estimate of drug-likeness (QED) is 0.653. The van der Waals surface area contributed by atoms with Crippen LogP contribution in [0.3, 0.4) is 0 Å². The predicted octanol–water partition coefficient (Wildman–Crippen LogP) is 3.45. The summed E-state index contributed by atoms with van der Waals surface area (Å²) in [4.78, 5) is 18.9. The van der Waals surface area contributed by atoms with E-state index in [-0.39, 0.29) is 30.3 Å². The average Bonchev–Trinajstić information content (AvgIpc) is 3.46. The first kappa shape index (κ1) is 20.3. The molecule has 3 aromatic rings. The van der Waals surface area contributed by atoms with Gasteiger partial charge < -0.3 is 24.2 Å². The van der Waals surface area contributed by atoms with Gasteiger partial charge in [-0.15, -0.1) is 0 Å². The van der Waals surface area contributed by atoms with Crippen molar-refractivity contribution in [3.63, 3.8) is 0 Å². The van der Waals surface area contributed by atoms with Crippen molar-refractivity contribution in [1.82, 2.24) is 15.5 Å². The molecule has 1 fully saturated rings. The maximum atomic E-state index is 14.9. The van der Waals surface area contributed by atoms with E-state index in [2.05, 4.69) is 15.5 Å². The average molecular weight is 438 g/mol. The van der Waals surface area contributed by atoms with Gasteiger partial charge in [0.15, 0.2) is 17.3 Å². The van der Waals surface area contributed by atoms with Gasteiger partial charge in [-0.2, -0.15) is 4.98 Å². The number of anilines is 1. The number of amides is 1. The lowest BCUT2D eigenvalue weighted by atomic mass is 9.96. The number of nitrogens with zero attached hydrogens (tertiary/aromatic N) is 3. The Morgan fingerprint density at radius 2 is 2.09 bits per heavy atom. The minimum atomic E-state index is -0.375. The van der Waals surface area contributed by atoms with E-state index in [1.54, 1.807) is 19.1 Å². The third-order valence-electron chi connectivity index (χ3n) is 5.76. The molecule has 1 atom stereocenters. The number of hydrogen-bond acceptors (Lipinski definition) is 7. The summed E-state index contributed by atoms with van der Waals surface area (Å²) in [5.74, 6) is 1.56. The summed E-state index contributed by atoms with van der Waals surface area (Å²) in [7, 11) is 0. The van der Waals surface area contributed by atoms with E-state index in [1.807, 2.05) is 23.1 Å². The second kappa shape index (κ2) is 8.49. The zero-order valence-electron chi connectivity index (χ0n) is 17.6. The van der Waals surface area contributed by atoms with Gasteiger partial charge in [0.05, 0.1) is 11.6 Å². The monoisotopic (exact) mass is 438 g/mol. The number of fused-ring (bicyclic) bond motifs is 1. The Labute approximate surface area is 184 Å². The molecule has 166 valence electrons. The van der Waals surface area contributed by atoms with Crippen LogP contribution in [0.5, 0.6) is 11.5 Å². The molecule has 32 heavy (non-hydrogen) atoms. The number of carbonyl (C=O) groups is 1. The molecule has 0 bridgehead atoms. The van der Waals surface area contributed by atoms with Gasteiger partial charge in [-0.05, 0) is 55.7 Å². The van der Waals surface area contributed by atoms with Crippen molar-refractivity contribution in [1.29, 1.82) is 0 Å². The van der Waals surface area contributed by atoms with E-state index in [9.17, 15) is 9.18 Å². The number of rotatable bonds is 5. The topological polar surface area (TPSA) is 89.7 Å². The van der Waals surface area contributed by atoms with Gasteiger partial charge in [-0.25, -0.2) is 4.39 Å². The Morgan fingerprint density at radius 3 is 2.91 bits per heavy atom. The summed E-state index contributed by atoms with van der Waals surface area (Å²) in [5.41, 5.74) is 1.94. The molecule has 5 rings (SSSR count). The van der Waals surface area contributed by atoms with Gasteiger partial charge >= 0.3 is 0 Å². The summed E-state index contributed by atoms with van der Waals surface area (Å²) in [6.07, 6.45) is 1.58. The van der Waals surface area contributed by atoms with Crippen LogP contribution in [-0.4, -0.2) is 35.9 Å². The van der Waals surface area contributed by atoms with Crippen molar-refractivity contribution in [3.8, 4) is 23.0 Å². The molecular formula is C23H23FN4O4. The number of benzene rings is 2. The van der Waals surface area contributed by atoms with Crippen LogP contribution in [0.2, 0.25) is 0 Å². The van der Waals surface area contributed by atoms with Crippen LogP contribution in [0, 0.1) is 18.7 Å². The number of carbonyl (C=O) groups excluding carboxylic acids is 1. The van der Waals surface area contributed by atoms with E-state index in [1.165, 1.54) is 6.07 Å². The van der Waals surface area contributed by atoms with Crippen molar-refractivity contribution in [2.45, 2.75) is 26.3 Å². The van der Waals surface area contributed by atoms with Gasteiger partial charge in [0.1, 0.15) is 5.82 Å². The zero-order chi connectivity index (χ0) is 22.1. The van der Waals surface area contributed by atoms with Gasteiger partial charge in [0, 0.05) is 25.2 Å². The normalized spacial score (nSPS) is 17.4. The fourth-order valence-corrected chi connectivity index (χ4v) is 4.11. The number of halogens is 1. The van der Waals surface area contributed by atoms with E-state index < -0.39 is 0 Å². The van der Waals surface area contributed by atoms with Crippen molar-refractivity contribution in [2.24, 2.45) is 5.92 Å². The first-order valence-electron chi connectivity index (χ1n) is 10.6. The Kier molecular flexibility index (Phi) is 5.38. The third kappa shape index (κ3) is 4.10. The first-order chi connectivity index (χ1) is 15.6. The number of aryl methyl sites for hydroxylation is 1. The highest BCUT2D eigenvalue weighted by Gasteiger charge is 2.27. The van der Waals surface area contributed by atoms with Crippen LogP contribution in [0.1, 0.15) is 24.2 Å². The second-order valence-electron chi connectivity index (χ2n) is 8.00. The molecule has 0 aliphatic carbocycles. The maximum Gasteiger partial charge on any atom is 0.258 e. The van der Waals surface area contributed by atoms with Crippen LogP contribution in [0.25, 0.3) is 11.5 Å². The standard InChI is InChI=1S/C23H23FN4O4/c1-14-26-23(32-27-14)16-5-6-19(18(24)10-16)28-8-2-3-17(12-28)22(29)25-11-15-4-7-20-21(9-15)31-13-30-20/h4-7,9-10,17H,2-3,8,11-13H2,1H3,(H,25,29). The molecule has 0 saturated carbocycles. The molecule has 3 heterocycles. The molecule has 1 unspecified atom stereocenters. The third-order valence-corrected chi connectivity index (χ3v) is 5.76. The number of ether oxygens (including phenoxy) is 2. The molecule has 2 aliphatic rings. The van der Waals surface area contributed by atoms with E-state index in [0.717, 1.165) is 18.4 Å². The molecule has 0 radical (unpaired) electrons. The predicted molar refractivity (Wildman–Crippen MR) is 114 cm³/mol. The molecule has 2 aromatic carbocycles. The van der Waals surface area contributed by atoms with Crippen molar-refractivity contribution >= 4 is 11.6 Å². The molecule has 9 heteroatoms. The molecule has 8 nitrogen and oxygen atoms in total. The summed E-state index contributed by atoms with van der Waals surface area (Å²) in [6, 6.07) is 10.5. The van der Waals surface area contributed by atoms with Gasteiger partial charge in [-0.3, -0.25) is 4.79 Å². The largest absolute Gasteiger partial charge is 0.454 e. The molecule has 1 amide bonds. The van der Waals surface area contributed by atoms with Crippen molar-refractivity contribution in [3.05, 3.63) is 53.6 Å². The fraction of sp³-hybridized carbons (Fsp3) is 0.348. The molecule has 2 aliphatic heterocycles. The highest BCUT2D eigenvalue weighted by molar-refractivity contribution is 5.79. The van der Waals surface area contributed by atoms with Crippen molar-refractivity contribution in [2.75, 3.05) is 24.8 Å². The van der Waals surface area contributed by atoms with Crippen LogP contribution in [0.15, 0.2) is 40.9 Å². The summed E-state index contributed by atoms with van der Waals surface area (Å²) >= 11 is 0. The number of piperidine rings is 1. The second-order valence-corrected chi connectivity index (χ2v) is 8.00. The number of aromatic nitrogens is 2. The minimum Gasteiger partial charge on any atom is -0.454 e. The minimum absolute atomic E-state index is 0.0364. The number of hydrogen-bond donors (Lipinski definition) is 1. The maximum absolute atomic E-state index is 14.9. The van der Waals surface area contributed by atoms with Crippen LogP contribution >= 0.6 is 0 Å². The van der Waals surface area contributed by atoms with Crippen LogP contribution in [-0.2, 0) is 11.3 Å². The molecule has 1 aromatic heterocycles. The lowest BCUT2D eigenvalue weighted by Gasteiger charge is -2.34. The highest BCUT2D eigenvalue weighted by Crippen LogP contribution is 2.33. The summed E-state index contributed by atoms with van der Waals surface area (Å²) < 4.78 is 30.7. The van der Waals surface area contributed by atoms with E-state index >= 15 is 0 Å². The Hall–Kier alpha value is -3.62. The smallest absolute Gasteiger partial charge is 0.258 e. The zero-order valence-corrected chi connectivity index (χ0v) is 17.6. The Balaban J connectivity index is 1.22. The van der Waals surface area contributed by atoms with Crippen LogP contribution < -0.4 is 19.7 Å². The van der Waals surface area contributed by atoms with Crippen LogP contribution in [0.4, 0.5) is 10.1 Å². The Morgan fingerprint density at radius 1 is 1.22 bits per heavy atom. The molecule has 1 N–H and O–H groups in total. The van der Waals surface area contributed by atoms with Crippen molar-refractivity contribution < 1.29 is 23.2 Å². The highest BCUT2D eigenvalue weighted by atomic mass is 19.1. The Bertz CT molecular complexity index is 1150. The summed E-state index contributed by atoms with van der Waals surface area (Å²) in [5, 5.41) is 6.74. The van der Waals surface area contributed by atoms with Gasteiger partial charge in [0.2, 0.25) is 12.7 Å². The SMILES string of the molecule is Cc1noc(-c2ccc(N3CCCC(C(=O)NCc4ccc5c(c4)OCO5)C3)c(F)c2)n1.